The zero-order valence-corrected chi connectivity index (χ0v) is 7.72. The summed E-state index contributed by atoms with van der Waals surface area (Å²) in [7, 11) is 3.25. The van der Waals surface area contributed by atoms with E-state index in [0.717, 1.165) is 6.29 Å². The number of methoxy groups -OCH3 is 1. The van der Waals surface area contributed by atoms with Gasteiger partial charge in [-0.2, -0.15) is 0 Å². The third-order valence-electron chi connectivity index (χ3n) is 1.54. The fourth-order valence-electron chi connectivity index (χ4n) is 0.876. The third kappa shape index (κ3) is 3.48. The van der Waals surface area contributed by atoms with Crippen LogP contribution in [0.15, 0.2) is 0 Å². The first kappa shape index (κ1) is 11.1. The van der Waals surface area contributed by atoms with E-state index >= 15 is 0 Å². The van der Waals surface area contributed by atoms with Crippen molar-refractivity contribution in [1.82, 2.24) is 5.32 Å². The van der Waals surface area contributed by atoms with Gasteiger partial charge in [-0.25, -0.2) is 0 Å². The number of hydrogen-bond acceptors (Lipinski definition) is 3. The van der Waals surface area contributed by atoms with Gasteiger partial charge in [-0.05, 0) is 0 Å². The molecule has 1 heterocycles. The summed E-state index contributed by atoms with van der Waals surface area (Å²) in [6.45, 7) is 2.27. The van der Waals surface area contributed by atoms with E-state index in [1.165, 1.54) is 0 Å². The average molecular weight is 173 g/mol. The molecule has 0 bridgehead atoms. The number of rotatable bonds is 1. The molecule has 0 aromatic carbocycles. The van der Waals surface area contributed by atoms with Gasteiger partial charge in [0.05, 0.1) is 0 Å². The van der Waals surface area contributed by atoms with E-state index in [2.05, 4.69) is 10.1 Å². The summed E-state index contributed by atoms with van der Waals surface area (Å²) in [5, 5.41) is 2.59. The number of ether oxygens (including phenoxy) is 1. The van der Waals surface area contributed by atoms with Crippen molar-refractivity contribution in [2.75, 3.05) is 20.8 Å². The summed E-state index contributed by atoms with van der Waals surface area (Å²) in [6.07, 6.45) is 1.18. The lowest BCUT2D eigenvalue weighted by molar-refractivity contribution is -0.122. The molecular weight excluding hydrogens is 158 g/mol. The van der Waals surface area contributed by atoms with E-state index in [1.54, 1.807) is 21.1 Å². The van der Waals surface area contributed by atoms with Crippen LogP contribution >= 0.6 is 0 Å². The van der Waals surface area contributed by atoms with Crippen LogP contribution in [0.2, 0.25) is 0 Å². The molecule has 4 nitrogen and oxygen atoms in total. The van der Waals surface area contributed by atoms with Crippen LogP contribution in [0.1, 0.15) is 13.3 Å². The van der Waals surface area contributed by atoms with E-state index in [0.29, 0.717) is 13.0 Å². The lowest BCUT2D eigenvalue weighted by atomic mass is 9.92. The Morgan fingerprint density at radius 1 is 1.58 bits per heavy atom. The Bertz CT molecular complexity index is 170. The van der Waals surface area contributed by atoms with E-state index in [4.69, 9.17) is 0 Å². The maximum absolute atomic E-state index is 10.5. The minimum Gasteiger partial charge on any atom is -0.388 e. The second-order valence-corrected chi connectivity index (χ2v) is 3.13. The minimum atomic E-state index is -0.433. The van der Waals surface area contributed by atoms with Gasteiger partial charge in [-0.3, -0.25) is 4.79 Å². The number of amides is 1. The van der Waals surface area contributed by atoms with Crippen molar-refractivity contribution in [2.45, 2.75) is 13.3 Å². The van der Waals surface area contributed by atoms with E-state index < -0.39 is 5.41 Å². The van der Waals surface area contributed by atoms with Gasteiger partial charge in [-0.1, -0.05) is 6.92 Å². The molecule has 0 radical (unpaired) electrons. The minimum absolute atomic E-state index is 0.0235. The molecule has 1 aliphatic rings. The van der Waals surface area contributed by atoms with Crippen molar-refractivity contribution in [3.8, 4) is 0 Å². The maximum Gasteiger partial charge on any atom is 0.221 e. The van der Waals surface area contributed by atoms with Gasteiger partial charge in [0.25, 0.3) is 0 Å². The fourth-order valence-corrected chi connectivity index (χ4v) is 0.876. The van der Waals surface area contributed by atoms with Gasteiger partial charge in [-0.15, -0.1) is 0 Å². The standard InChI is InChI=1S/C6H9NO2.C2H6O/c1-6(4-8)2-5(9)7-3-6;1-3-2/h4H,2-3H2,1H3,(H,7,9);1-2H3. The molecule has 0 aromatic heterocycles. The van der Waals surface area contributed by atoms with Crippen molar-refractivity contribution in [2.24, 2.45) is 5.41 Å². The molecule has 1 fully saturated rings. The van der Waals surface area contributed by atoms with Crippen LogP contribution in [-0.2, 0) is 14.3 Å². The summed E-state index contributed by atoms with van der Waals surface area (Å²) >= 11 is 0. The van der Waals surface area contributed by atoms with Crippen LogP contribution in [0.3, 0.4) is 0 Å². The van der Waals surface area contributed by atoms with E-state index in [9.17, 15) is 9.59 Å². The fraction of sp³-hybridized carbons (Fsp3) is 0.750. The molecule has 1 saturated heterocycles. The molecule has 1 unspecified atom stereocenters. The third-order valence-corrected chi connectivity index (χ3v) is 1.54. The second-order valence-electron chi connectivity index (χ2n) is 3.13. The Labute approximate surface area is 72.3 Å². The van der Waals surface area contributed by atoms with Crippen LogP contribution in [0.25, 0.3) is 0 Å². The first-order valence-corrected chi connectivity index (χ1v) is 3.71. The molecule has 0 saturated carbocycles. The van der Waals surface area contributed by atoms with Gasteiger partial charge in [0.1, 0.15) is 6.29 Å². The smallest absolute Gasteiger partial charge is 0.221 e. The van der Waals surface area contributed by atoms with Crippen LogP contribution < -0.4 is 5.32 Å². The molecule has 1 aliphatic heterocycles. The Morgan fingerprint density at radius 3 is 2.25 bits per heavy atom. The van der Waals surface area contributed by atoms with Crippen molar-refractivity contribution in [1.29, 1.82) is 0 Å². The largest absolute Gasteiger partial charge is 0.388 e. The molecular formula is C8H15NO3. The average Bonchev–Trinajstić information content (AvgIpc) is 2.34. The highest BCUT2D eigenvalue weighted by Gasteiger charge is 2.33. The first-order chi connectivity index (χ1) is 5.58. The molecule has 4 heteroatoms. The zero-order chi connectivity index (χ0) is 9.61. The summed E-state index contributed by atoms with van der Waals surface area (Å²) < 4.78 is 4.25. The van der Waals surface area contributed by atoms with E-state index in [-0.39, 0.29) is 5.91 Å². The summed E-state index contributed by atoms with van der Waals surface area (Å²) in [5.41, 5.74) is -0.433. The van der Waals surface area contributed by atoms with Crippen molar-refractivity contribution in [3.05, 3.63) is 0 Å². The molecule has 12 heavy (non-hydrogen) atoms. The van der Waals surface area contributed by atoms with Crippen molar-refractivity contribution < 1.29 is 14.3 Å². The summed E-state index contributed by atoms with van der Waals surface area (Å²) in [6, 6.07) is 0. The first-order valence-electron chi connectivity index (χ1n) is 3.71. The highest BCUT2D eigenvalue weighted by molar-refractivity contribution is 5.84. The second kappa shape index (κ2) is 4.87. The Hall–Kier alpha value is -0.900. The predicted molar refractivity (Wildman–Crippen MR) is 44.7 cm³/mol. The molecule has 0 aromatic rings. The quantitative estimate of drug-likeness (QED) is 0.567. The normalized spacial score (nSPS) is 27.1. The molecule has 1 amide bonds. The number of carbonyl (C=O) groups excluding carboxylic acids is 2. The Morgan fingerprint density at radius 2 is 2.08 bits per heavy atom. The van der Waals surface area contributed by atoms with Gasteiger partial charge in [0.15, 0.2) is 0 Å². The van der Waals surface area contributed by atoms with Gasteiger partial charge in [0, 0.05) is 32.6 Å². The SMILES string of the molecule is CC1(C=O)CNC(=O)C1.COC. The van der Waals surface area contributed by atoms with Crippen molar-refractivity contribution >= 4 is 12.2 Å². The van der Waals surface area contributed by atoms with Crippen LogP contribution in [0.4, 0.5) is 0 Å². The summed E-state index contributed by atoms with van der Waals surface area (Å²) in [5.74, 6) is -0.0235. The summed E-state index contributed by atoms with van der Waals surface area (Å²) in [4.78, 5) is 20.8. The Kier molecular flexibility index (Phi) is 4.51. The number of aldehydes is 1. The molecule has 1 N–H and O–H groups in total. The van der Waals surface area contributed by atoms with Gasteiger partial charge in [0.2, 0.25) is 5.91 Å². The van der Waals surface area contributed by atoms with E-state index in [1.807, 2.05) is 0 Å². The monoisotopic (exact) mass is 173 g/mol. The zero-order valence-electron chi connectivity index (χ0n) is 7.72. The van der Waals surface area contributed by atoms with Gasteiger partial charge >= 0.3 is 0 Å². The highest BCUT2D eigenvalue weighted by atomic mass is 16.4. The molecule has 0 spiro atoms. The highest BCUT2D eigenvalue weighted by Crippen LogP contribution is 2.21. The molecule has 1 atom stereocenters. The lowest BCUT2D eigenvalue weighted by Gasteiger charge is -2.09. The Balaban J connectivity index is 0.000000354. The maximum atomic E-state index is 10.5. The van der Waals surface area contributed by atoms with Crippen LogP contribution in [0, 0.1) is 5.41 Å². The number of hydrogen-bond donors (Lipinski definition) is 1. The van der Waals surface area contributed by atoms with Crippen molar-refractivity contribution in [3.63, 3.8) is 0 Å². The number of nitrogens with one attached hydrogen (secondary N) is 1. The number of carbonyl (C=O) groups is 2. The topological polar surface area (TPSA) is 55.4 Å². The molecule has 1 rings (SSSR count). The predicted octanol–water partition coefficient (Wildman–Crippen LogP) is -0.0259. The lowest BCUT2D eigenvalue weighted by Crippen LogP contribution is -2.21. The van der Waals surface area contributed by atoms with Crippen LogP contribution in [-0.4, -0.2) is 33.0 Å². The van der Waals surface area contributed by atoms with Gasteiger partial charge < -0.3 is 14.8 Å². The molecule has 0 aliphatic carbocycles. The van der Waals surface area contributed by atoms with Crippen LogP contribution in [0.5, 0.6) is 0 Å². The molecule has 70 valence electrons.